The molecule has 0 aromatic heterocycles. The smallest absolute Gasteiger partial charge is 0.116 e. The van der Waals surface area contributed by atoms with Gasteiger partial charge in [0.1, 0.15) is 12.0 Å². The molecule has 1 heterocycles. The minimum Gasteiger partial charge on any atom is -0.396 e. The zero-order valence-corrected chi connectivity index (χ0v) is 9.66. The normalized spacial score (nSPS) is 20.6. The quantitative estimate of drug-likeness (QED) is 0.651. The lowest BCUT2D eigenvalue weighted by Gasteiger charge is -2.21. The van der Waals surface area contributed by atoms with Gasteiger partial charge < -0.3 is 5.11 Å². The second-order valence-electron chi connectivity index (χ2n) is 3.87. The van der Waals surface area contributed by atoms with Gasteiger partial charge in [-0.1, -0.05) is 19.1 Å². The lowest BCUT2D eigenvalue weighted by molar-refractivity contribution is 0.283. The highest BCUT2D eigenvalue weighted by Gasteiger charge is 2.19. The van der Waals surface area contributed by atoms with Crippen LogP contribution in [0.4, 0.5) is 0 Å². The van der Waals surface area contributed by atoms with Gasteiger partial charge in [-0.05, 0) is 19.8 Å². The van der Waals surface area contributed by atoms with Crippen molar-refractivity contribution < 1.29 is 5.11 Å². The molecule has 0 spiro atoms. The van der Waals surface area contributed by atoms with E-state index in [9.17, 15) is 0 Å². The summed E-state index contributed by atoms with van der Waals surface area (Å²) in [5.41, 5.74) is 4.40. The summed E-state index contributed by atoms with van der Waals surface area (Å²) in [7, 11) is 0. The van der Waals surface area contributed by atoms with Crippen molar-refractivity contribution in [1.82, 2.24) is 10.4 Å². The van der Waals surface area contributed by atoms with E-state index in [4.69, 9.17) is 5.11 Å². The summed E-state index contributed by atoms with van der Waals surface area (Å²) in [4.78, 5) is 4.46. The lowest BCUT2D eigenvalue weighted by Crippen LogP contribution is -2.40. The minimum atomic E-state index is 0.172. The van der Waals surface area contributed by atoms with Crippen LogP contribution in [-0.2, 0) is 0 Å². The van der Waals surface area contributed by atoms with E-state index in [0.29, 0.717) is 0 Å². The molecule has 1 atom stereocenters. The molecular formula is C11H21N3O. The van der Waals surface area contributed by atoms with E-state index in [2.05, 4.69) is 28.9 Å². The van der Waals surface area contributed by atoms with Crippen molar-refractivity contribution in [2.24, 2.45) is 4.99 Å². The van der Waals surface area contributed by atoms with Crippen molar-refractivity contribution in [3.63, 3.8) is 0 Å². The molecule has 1 aliphatic rings. The average molecular weight is 211 g/mol. The summed E-state index contributed by atoms with van der Waals surface area (Å²) >= 11 is 0. The Balaban J connectivity index is 2.38. The highest BCUT2D eigenvalue weighted by molar-refractivity contribution is 5.83. The largest absolute Gasteiger partial charge is 0.396 e. The van der Waals surface area contributed by atoms with Gasteiger partial charge in [-0.25, -0.2) is 5.43 Å². The van der Waals surface area contributed by atoms with Crippen LogP contribution in [0.5, 0.6) is 0 Å². The van der Waals surface area contributed by atoms with Crippen LogP contribution < -0.4 is 5.43 Å². The van der Waals surface area contributed by atoms with Crippen LogP contribution in [0.3, 0.4) is 0 Å². The molecule has 0 bridgehead atoms. The van der Waals surface area contributed by atoms with E-state index in [1.54, 1.807) is 0 Å². The topological polar surface area (TPSA) is 47.9 Å². The van der Waals surface area contributed by atoms with Crippen molar-refractivity contribution in [2.75, 3.05) is 13.2 Å². The standard InChI is InChI=1S/C11H21N3O/c1-4-11-12-10(3)13-14(11)8-9(2)6-5-7-15/h10,13,15H,2,4-8H2,1,3H3/t10-/m0/s1. The predicted octanol–water partition coefficient (Wildman–Crippen LogP) is 1.29. The van der Waals surface area contributed by atoms with E-state index in [-0.39, 0.29) is 12.8 Å². The molecule has 0 fully saturated rings. The Hall–Kier alpha value is -0.870. The van der Waals surface area contributed by atoms with Crippen molar-refractivity contribution in [3.05, 3.63) is 12.2 Å². The van der Waals surface area contributed by atoms with Crippen LogP contribution in [0.25, 0.3) is 0 Å². The number of hydrazine groups is 1. The summed E-state index contributed by atoms with van der Waals surface area (Å²) in [6, 6.07) is 0. The molecule has 0 aromatic rings. The van der Waals surface area contributed by atoms with E-state index >= 15 is 0 Å². The first-order valence-electron chi connectivity index (χ1n) is 5.55. The van der Waals surface area contributed by atoms with Crippen LogP contribution in [0.1, 0.15) is 33.1 Å². The highest BCUT2D eigenvalue weighted by Crippen LogP contribution is 2.10. The molecule has 0 amide bonds. The van der Waals surface area contributed by atoms with Crippen molar-refractivity contribution in [3.8, 4) is 0 Å². The molecule has 1 rings (SSSR count). The second kappa shape index (κ2) is 5.88. The summed E-state index contributed by atoms with van der Waals surface area (Å²) in [5, 5.41) is 10.8. The Bertz CT molecular complexity index is 250. The average Bonchev–Trinajstić information content (AvgIpc) is 2.55. The molecule has 0 saturated heterocycles. The van der Waals surface area contributed by atoms with Gasteiger partial charge in [0, 0.05) is 13.0 Å². The number of hydrogen-bond acceptors (Lipinski definition) is 4. The molecule has 0 unspecified atom stereocenters. The van der Waals surface area contributed by atoms with E-state index in [0.717, 1.165) is 37.2 Å². The van der Waals surface area contributed by atoms with Gasteiger partial charge in [0.25, 0.3) is 0 Å². The molecule has 4 heteroatoms. The Morgan fingerprint density at radius 2 is 2.40 bits per heavy atom. The first-order chi connectivity index (χ1) is 7.17. The van der Waals surface area contributed by atoms with E-state index in [1.165, 1.54) is 0 Å². The van der Waals surface area contributed by atoms with Crippen molar-refractivity contribution in [2.45, 2.75) is 39.3 Å². The number of aliphatic imine (C=N–C) groups is 1. The first-order valence-corrected chi connectivity index (χ1v) is 5.55. The molecule has 86 valence electrons. The van der Waals surface area contributed by atoms with Gasteiger partial charge in [0.15, 0.2) is 0 Å². The fourth-order valence-electron chi connectivity index (χ4n) is 1.67. The third-order valence-corrected chi connectivity index (χ3v) is 2.38. The van der Waals surface area contributed by atoms with Gasteiger partial charge in [-0.15, -0.1) is 0 Å². The Morgan fingerprint density at radius 3 is 3.00 bits per heavy atom. The van der Waals surface area contributed by atoms with Crippen LogP contribution in [0.15, 0.2) is 17.1 Å². The maximum atomic E-state index is 8.72. The van der Waals surface area contributed by atoms with Crippen molar-refractivity contribution >= 4 is 5.84 Å². The summed E-state index contributed by atoms with van der Waals surface area (Å²) in [6.07, 6.45) is 2.77. The number of nitrogens with one attached hydrogen (secondary N) is 1. The van der Waals surface area contributed by atoms with Gasteiger partial charge in [0.2, 0.25) is 0 Å². The zero-order valence-electron chi connectivity index (χ0n) is 9.66. The second-order valence-corrected chi connectivity index (χ2v) is 3.87. The molecule has 2 N–H and O–H groups in total. The number of rotatable bonds is 6. The highest BCUT2D eigenvalue weighted by atomic mass is 16.2. The Labute approximate surface area is 91.7 Å². The number of aliphatic hydroxyl groups is 1. The SMILES string of the molecule is C=C(CCCO)CN1N[C@@H](C)N=C1CC. The van der Waals surface area contributed by atoms with Crippen LogP contribution in [-0.4, -0.2) is 35.3 Å². The summed E-state index contributed by atoms with van der Waals surface area (Å²) in [6.45, 7) is 9.16. The van der Waals surface area contributed by atoms with Crippen LogP contribution >= 0.6 is 0 Å². The molecule has 0 aromatic carbocycles. The maximum Gasteiger partial charge on any atom is 0.116 e. The molecule has 15 heavy (non-hydrogen) atoms. The summed E-state index contributed by atoms with van der Waals surface area (Å²) < 4.78 is 0. The van der Waals surface area contributed by atoms with Crippen LogP contribution in [0, 0.1) is 0 Å². The molecule has 0 radical (unpaired) electrons. The molecule has 0 aliphatic carbocycles. The van der Waals surface area contributed by atoms with Crippen LogP contribution in [0.2, 0.25) is 0 Å². The zero-order chi connectivity index (χ0) is 11.3. The Kier molecular flexibility index (Phi) is 4.78. The fraction of sp³-hybridized carbons (Fsp3) is 0.727. The van der Waals surface area contributed by atoms with E-state index in [1.807, 2.05) is 6.92 Å². The first kappa shape index (κ1) is 12.2. The third kappa shape index (κ3) is 3.64. The molecule has 4 nitrogen and oxygen atoms in total. The number of aliphatic hydroxyl groups excluding tert-OH is 1. The number of nitrogens with zero attached hydrogens (tertiary/aromatic N) is 2. The fourth-order valence-corrected chi connectivity index (χ4v) is 1.67. The number of amidine groups is 1. The van der Waals surface area contributed by atoms with Gasteiger partial charge in [0.05, 0.1) is 6.54 Å². The lowest BCUT2D eigenvalue weighted by atomic mass is 10.1. The van der Waals surface area contributed by atoms with Gasteiger partial charge in [-0.3, -0.25) is 10.0 Å². The Morgan fingerprint density at radius 1 is 1.67 bits per heavy atom. The van der Waals surface area contributed by atoms with Crippen molar-refractivity contribution in [1.29, 1.82) is 0 Å². The minimum absolute atomic E-state index is 0.172. The molecule has 1 aliphatic heterocycles. The third-order valence-electron chi connectivity index (χ3n) is 2.38. The number of hydrogen-bond donors (Lipinski definition) is 2. The van der Waals surface area contributed by atoms with Gasteiger partial charge in [-0.2, -0.15) is 0 Å². The predicted molar refractivity (Wildman–Crippen MR) is 62.5 cm³/mol. The maximum absolute atomic E-state index is 8.72. The molecule has 0 saturated carbocycles. The summed E-state index contributed by atoms with van der Waals surface area (Å²) in [5.74, 6) is 1.09. The van der Waals surface area contributed by atoms with E-state index < -0.39 is 0 Å². The molecular weight excluding hydrogens is 190 g/mol. The van der Waals surface area contributed by atoms with Gasteiger partial charge >= 0.3 is 0 Å². The monoisotopic (exact) mass is 211 g/mol.